The van der Waals surface area contributed by atoms with E-state index < -0.39 is 10.0 Å². The summed E-state index contributed by atoms with van der Waals surface area (Å²) in [5.74, 6) is 0. The quantitative estimate of drug-likeness (QED) is 0.720. The summed E-state index contributed by atoms with van der Waals surface area (Å²) < 4.78 is 32.0. The van der Waals surface area contributed by atoms with Crippen molar-refractivity contribution in [1.29, 1.82) is 0 Å². The van der Waals surface area contributed by atoms with Crippen molar-refractivity contribution in [3.63, 3.8) is 0 Å². The first-order valence-corrected chi connectivity index (χ1v) is 8.43. The van der Waals surface area contributed by atoms with Crippen LogP contribution >= 0.6 is 0 Å². The van der Waals surface area contributed by atoms with Gasteiger partial charge in [0.05, 0.1) is 17.6 Å². The lowest BCUT2D eigenvalue weighted by atomic mass is 10.3. The highest BCUT2D eigenvalue weighted by Gasteiger charge is 2.27. The molecule has 1 aliphatic rings. The van der Waals surface area contributed by atoms with Crippen LogP contribution in [0.5, 0.6) is 0 Å². The van der Waals surface area contributed by atoms with E-state index >= 15 is 0 Å². The van der Waals surface area contributed by atoms with E-state index in [1.807, 2.05) is 13.8 Å². The van der Waals surface area contributed by atoms with Gasteiger partial charge in [0, 0.05) is 18.3 Å². The van der Waals surface area contributed by atoms with Crippen molar-refractivity contribution in [3.8, 4) is 0 Å². The molecule has 0 spiro atoms. The first kappa shape index (κ1) is 15.3. The van der Waals surface area contributed by atoms with Crippen molar-refractivity contribution in [2.45, 2.75) is 43.7 Å². The van der Waals surface area contributed by atoms with Crippen LogP contribution in [-0.4, -0.2) is 33.7 Å². The number of sulfonamides is 1. The van der Waals surface area contributed by atoms with Gasteiger partial charge in [-0.2, -0.15) is 0 Å². The fourth-order valence-corrected chi connectivity index (χ4v) is 3.04. The number of hydrogen-bond donors (Lipinski definition) is 2. The van der Waals surface area contributed by atoms with E-state index in [-0.39, 0.29) is 12.1 Å². The van der Waals surface area contributed by atoms with E-state index in [0.29, 0.717) is 18.0 Å². The SMILES string of the molecule is CC(C)OCCNc1ccc(S(=O)(=O)NC2CC2)cc1. The molecule has 0 aliphatic heterocycles. The Hall–Kier alpha value is -1.11. The Balaban J connectivity index is 1.85. The number of benzene rings is 1. The van der Waals surface area contributed by atoms with Gasteiger partial charge in [0.15, 0.2) is 0 Å². The summed E-state index contributed by atoms with van der Waals surface area (Å²) in [6.45, 7) is 5.31. The summed E-state index contributed by atoms with van der Waals surface area (Å²) >= 11 is 0. The first-order valence-electron chi connectivity index (χ1n) is 6.95. The summed E-state index contributed by atoms with van der Waals surface area (Å²) in [5, 5.41) is 3.19. The number of ether oxygens (including phenoxy) is 1. The highest BCUT2D eigenvalue weighted by Crippen LogP contribution is 2.22. The molecule has 2 N–H and O–H groups in total. The van der Waals surface area contributed by atoms with E-state index in [0.717, 1.165) is 18.5 Å². The summed E-state index contributed by atoms with van der Waals surface area (Å²) in [5.41, 5.74) is 0.891. The van der Waals surface area contributed by atoms with E-state index in [1.165, 1.54) is 0 Å². The summed E-state index contributed by atoms with van der Waals surface area (Å²) in [7, 11) is -3.35. The topological polar surface area (TPSA) is 67.4 Å². The zero-order valence-corrected chi connectivity index (χ0v) is 12.7. The standard InChI is InChI=1S/C14H22N2O3S/c1-11(2)19-10-9-15-12-5-7-14(8-6-12)20(17,18)16-13-3-4-13/h5-8,11,13,15-16H,3-4,9-10H2,1-2H3. The summed E-state index contributed by atoms with van der Waals surface area (Å²) in [4.78, 5) is 0.313. The third-order valence-electron chi connectivity index (χ3n) is 2.95. The maximum atomic E-state index is 12.0. The molecular weight excluding hydrogens is 276 g/mol. The Bertz CT molecular complexity index is 522. The van der Waals surface area contributed by atoms with Crippen LogP contribution in [0, 0.1) is 0 Å². The number of rotatable bonds is 8. The van der Waals surface area contributed by atoms with Crippen LogP contribution in [0.4, 0.5) is 5.69 Å². The van der Waals surface area contributed by atoms with E-state index in [4.69, 9.17) is 4.74 Å². The van der Waals surface area contributed by atoms with E-state index in [1.54, 1.807) is 24.3 Å². The zero-order valence-electron chi connectivity index (χ0n) is 11.9. The van der Waals surface area contributed by atoms with Crippen molar-refractivity contribution in [1.82, 2.24) is 4.72 Å². The fraction of sp³-hybridized carbons (Fsp3) is 0.571. The van der Waals surface area contributed by atoms with Gasteiger partial charge in [0.2, 0.25) is 10.0 Å². The Kier molecular flexibility index (Phi) is 5.01. The molecule has 0 unspecified atom stereocenters. The second-order valence-electron chi connectivity index (χ2n) is 5.27. The zero-order chi connectivity index (χ0) is 14.6. The molecule has 6 heteroatoms. The molecule has 1 aromatic rings. The first-order chi connectivity index (χ1) is 9.47. The predicted octanol–water partition coefficient (Wildman–Crippen LogP) is 1.96. The van der Waals surface area contributed by atoms with Crippen molar-refractivity contribution in [3.05, 3.63) is 24.3 Å². The highest BCUT2D eigenvalue weighted by atomic mass is 32.2. The highest BCUT2D eigenvalue weighted by molar-refractivity contribution is 7.89. The monoisotopic (exact) mass is 298 g/mol. The van der Waals surface area contributed by atoms with E-state index in [2.05, 4.69) is 10.0 Å². The van der Waals surface area contributed by atoms with Crippen LogP contribution in [0.2, 0.25) is 0 Å². The predicted molar refractivity (Wildman–Crippen MR) is 79.4 cm³/mol. The second-order valence-corrected chi connectivity index (χ2v) is 6.98. The molecule has 0 atom stereocenters. The number of hydrogen-bond acceptors (Lipinski definition) is 4. The maximum Gasteiger partial charge on any atom is 0.240 e. The Morgan fingerprint density at radius 1 is 1.25 bits per heavy atom. The number of anilines is 1. The molecular formula is C14H22N2O3S. The minimum absolute atomic E-state index is 0.131. The van der Waals surface area contributed by atoms with Crippen molar-refractivity contribution in [2.24, 2.45) is 0 Å². The van der Waals surface area contributed by atoms with Crippen LogP contribution in [0.3, 0.4) is 0 Å². The molecule has 0 heterocycles. The molecule has 1 saturated carbocycles. The molecule has 0 radical (unpaired) electrons. The normalized spacial score (nSPS) is 15.6. The van der Waals surface area contributed by atoms with Gasteiger partial charge in [-0.1, -0.05) is 0 Å². The molecule has 5 nitrogen and oxygen atoms in total. The van der Waals surface area contributed by atoms with Crippen LogP contribution in [-0.2, 0) is 14.8 Å². The smallest absolute Gasteiger partial charge is 0.240 e. The molecule has 0 aromatic heterocycles. The molecule has 112 valence electrons. The minimum atomic E-state index is -3.35. The van der Waals surface area contributed by atoms with Gasteiger partial charge in [0.1, 0.15) is 0 Å². The van der Waals surface area contributed by atoms with Crippen LogP contribution in [0.15, 0.2) is 29.2 Å². The van der Waals surface area contributed by atoms with Crippen LogP contribution < -0.4 is 10.0 Å². The average molecular weight is 298 g/mol. The maximum absolute atomic E-state index is 12.0. The van der Waals surface area contributed by atoms with Gasteiger partial charge < -0.3 is 10.1 Å². The van der Waals surface area contributed by atoms with Crippen molar-refractivity contribution < 1.29 is 13.2 Å². The fourth-order valence-electron chi connectivity index (χ4n) is 1.73. The Labute approximate surface area is 120 Å². The lowest BCUT2D eigenvalue weighted by Gasteiger charge is -2.10. The third-order valence-corrected chi connectivity index (χ3v) is 4.48. The van der Waals surface area contributed by atoms with Gasteiger partial charge in [-0.3, -0.25) is 0 Å². The molecule has 1 aliphatic carbocycles. The van der Waals surface area contributed by atoms with Gasteiger partial charge in [0.25, 0.3) is 0 Å². The van der Waals surface area contributed by atoms with Gasteiger partial charge in [-0.05, 0) is 51.0 Å². The number of nitrogens with one attached hydrogen (secondary N) is 2. The van der Waals surface area contributed by atoms with Crippen LogP contribution in [0.25, 0.3) is 0 Å². The minimum Gasteiger partial charge on any atom is -0.383 e. The van der Waals surface area contributed by atoms with Crippen molar-refractivity contribution in [2.75, 3.05) is 18.5 Å². The molecule has 2 rings (SSSR count). The van der Waals surface area contributed by atoms with Gasteiger partial charge >= 0.3 is 0 Å². The van der Waals surface area contributed by atoms with Gasteiger partial charge in [-0.25, -0.2) is 13.1 Å². The van der Waals surface area contributed by atoms with E-state index in [9.17, 15) is 8.42 Å². The van der Waals surface area contributed by atoms with Gasteiger partial charge in [-0.15, -0.1) is 0 Å². The third kappa shape index (κ3) is 4.77. The molecule has 1 aromatic carbocycles. The molecule has 0 saturated heterocycles. The summed E-state index contributed by atoms with van der Waals surface area (Å²) in [6, 6.07) is 6.92. The Morgan fingerprint density at radius 2 is 1.90 bits per heavy atom. The van der Waals surface area contributed by atoms with Crippen molar-refractivity contribution >= 4 is 15.7 Å². The largest absolute Gasteiger partial charge is 0.383 e. The molecule has 20 heavy (non-hydrogen) atoms. The lowest BCUT2D eigenvalue weighted by molar-refractivity contribution is 0.0870. The molecule has 0 amide bonds. The average Bonchev–Trinajstić information content (AvgIpc) is 3.18. The molecule has 1 fully saturated rings. The summed E-state index contributed by atoms with van der Waals surface area (Å²) in [6.07, 6.45) is 2.10. The lowest BCUT2D eigenvalue weighted by Crippen LogP contribution is -2.25. The molecule has 0 bridgehead atoms. The van der Waals surface area contributed by atoms with Crippen LogP contribution in [0.1, 0.15) is 26.7 Å². The second kappa shape index (κ2) is 6.56. The Morgan fingerprint density at radius 3 is 2.45 bits per heavy atom.